The van der Waals surface area contributed by atoms with Gasteiger partial charge in [0.1, 0.15) is 5.69 Å². The fourth-order valence-corrected chi connectivity index (χ4v) is 2.64. The van der Waals surface area contributed by atoms with Gasteiger partial charge in [0, 0.05) is 22.5 Å². The molecule has 0 amide bonds. The van der Waals surface area contributed by atoms with Gasteiger partial charge in [0.2, 0.25) is 5.76 Å². The second-order valence-electron chi connectivity index (χ2n) is 4.91. The van der Waals surface area contributed by atoms with Crippen molar-refractivity contribution in [3.05, 3.63) is 54.4 Å². The third-order valence-electron chi connectivity index (χ3n) is 3.65. The number of furan rings is 1. The topological polar surface area (TPSA) is 68.1 Å². The van der Waals surface area contributed by atoms with Crippen molar-refractivity contribution in [3.63, 3.8) is 0 Å². The van der Waals surface area contributed by atoms with Gasteiger partial charge < -0.3 is 14.1 Å². The molecule has 0 bridgehead atoms. The smallest absolute Gasteiger partial charge is 0.373 e. The van der Waals surface area contributed by atoms with E-state index in [-0.39, 0.29) is 5.76 Å². The molecule has 5 nitrogen and oxygen atoms in total. The van der Waals surface area contributed by atoms with E-state index in [4.69, 9.17) is 4.42 Å². The van der Waals surface area contributed by atoms with Crippen molar-refractivity contribution in [2.24, 2.45) is 0 Å². The van der Waals surface area contributed by atoms with Gasteiger partial charge in [-0.2, -0.15) is 0 Å². The first-order chi connectivity index (χ1) is 10.8. The number of aromatic nitrogens is 2. The predicted octanol–water partition coefficient (Wildman–Crippen LogP) is 3.76. The highest BCUT2D eigenvalue weighted by atomic mass is 16.5. The zero-order valence-electron chi connectivity index (χ0n) is 11.8. The SMILES string of the molecule is COC(=O)c1ccc(-c2nccc3c2[nH]c2ccccc23)o1. The van der Waals surface area contributed by atoms with Gasteiger partial charge in [-0.25, -0.2) is 4.79 Å². The zero-order chi connectivity index (χ0) is 15.1. The summed E-state index contributed by atoms with van der Waals surface area (Å²) in [4.78, 5) is 19.3. The van der Waals surface area contributed by atoms with Crippen LogP contribution in [0.2, 0.25) is 0 Å². The molecule has 0 spiro atoms. The monoisotopic (exact) mass is 292 g/mol. The zero-order valence-corrected chi connectivity index (χ0v) is 11.8. The minimum Gasteiger partial charge on any atom is -0.463 e. The second-order valence-corrected chi connectivity index (χ2v) is 4.91. The number of nitrogens with one attached hydrogen (secondary N) is 1. The normalized spacial score (nSPS) is 11.1. The first-order valence-corrected chi connectivity index (χ1v) is 6.82. The van der Waals surface area contributed by atoms with Crippen LogP contribution in [0.4, 0.5) is 0 Å². The summed E-state index contributed by atoms with van der Waals surface area (Å²) in [6.45, 7) is 0. The van der Waals surface area contributed by atoms with Gasteiger partial charge in [0.15, 0.2) is 5.76 Å². The molecule has 108 valence electrons. The maximum atomic E-state index is 11.5. The van der Waals surface area contributed by atoms with E-state index in [2.05, 4.69) is 20.8 Å². The standard InChI is InChI=1S/C17H12N2O3/c1-21-17(20)14-7-6-13(22-14)16-15-11(8-9-18-16)10-4-2-3-5-12(10)19-15/h2-9,19H,1H3. The minimum atomic E-state index is -0.505. The first-order valence-electron chi connectivity index (χ1n) is 6.82. The Morgan fingerprint density at radius 1 is 1.14 bits per heavy atom. The summed E-state index contributed by atoms with van der Waals surface area (Å²) in [6.07, 6.45) is 1.73. The average Bonchev–Trinajstić information content (AvgIpc) is 3.18. The van der Waals surface area contributed by atoms with Crippen LogP contribution >= 0.6 is 0 Å². The van der Waals surface area contributed by atoms with Crippen LogP contribution in [0.3, 0.4) is 0 Å². The maximum absolute atomic E-state index is 11.5. The van der Waals surface area contributed by atoms with Crippen LogP contribution in [0.25, 0.3) is 33.3 Å². The Morgan fingerprint density at radius 2 is 2.00 bits per heavy atom. The van der Waals surface area contributed by atoms with Crippen molar-refractivity contribution < 1.29 is 13.9 Å². The number of carbonyl (C=O) groups excluding carboxylic acids is 1. The number of methoxy groups -OCH3 is 1. The highest BCUT2D eigenvalue weighted by Gasteiger charge is 2.16. The van der Waals surface area contributed by atoms with Gasteiger partial charge in [-0.1, -0.05) is 18.2 Å². The number of benzene rings is 1. The first kappa shape index (κ1) is 12.6. The number of H-pyrrole nitrogens is 1. The van der Waals surface area contributed by atoms with E-state index in [9.17, 15) is 4.79 Å². The van der Waals surface area contributed by atoms with E-state index < -0.39 is 5.97 Å². The van der Waals surface area contributed by atoms with Crippen molar-refractivity contribution in [2.45, 2.75) is 0 Å². The Bertz CT molecular complexity index is 997. The Morgan fingerprint density at radius 3 is 2.86 bits per heavy atom. The van der Waals surface area contributed by atoms with E-state index in [1.165, 1.54) is 7.11 Å². The predicted molar refractivity (Wildman–Crippen MR) is 82.6 cm³/mol. The number of carbonyl (C=O) groups is 1. The number of pyridine rings is 1. The summed E-state index contributed by atoms with van der Waals surface area (Å²) < 4.78 is 10.2. The van der Waals surface area contributed by atoms with Crippen LogP contribution in [0.5, 0.6) is 0 Å². The van der Waals surface area contributed by atoms with Gasteiger partial charge >= 0.3 is 5.97 Å². The molecule has 0 fully saturated rings. The summed E-state index contributed by atoms with van der Waals surface area (Å²) in [5.41, 5.74) is 2.59. The molecule has 1 N–H and O–H groups in total. The lowest BCUT2D eigenvalue weighted by atomic mass is 10.1. The van der Waals surface area contributed by atoms with Gasteiger partial charge in [-0.3, -0.25) is 4.98 Å². The number of esters is 1. The number of fused-ring (bicyclic) bond motifs is 3. The molecule has 22 heavy (non-hydrogen) atoms. The van der Waals surface area contributed by atoms with E-state index in [0.717, 1.165) is 21.8 Å². The molecule has 4 aromatic rings. The summed E-state index contributed by atoms with van der Waals surface area (Å²) in [6, 6.07) is 13.3. The van der Waals surface area contributed by atoms with Crippen LogP contribution < -0.4 is 0 Å². The number of hydrogen-bond acceptors (Lipinski definition) is 4. The van der Waals surface area contributed by atoms with Crippen LogP contribution in [-0.4, -0.2) is 23.0 Å². The molecule has 5 heteroatoms. The molecular weight excluding hydrogens is 280 g/mol. The molecule has 3 heterocycles. The van der Waals surface area contributed by atoms with Gasteiger partial charge in [0.05, 0.1) is 12.6 Å². The number of para-hydroxylation sites is 1. The van der Waals surface area contributed by atoms with Crippen molar-refractivity contribution in [2.75, 3.05) is 7.11 Å². The highest BCUT2D eigenvalue weighted by Crippen LogP contribution is 2.32. The molecule has 3 aromatic heterocycles. The van der Waals surface area contributed by atoms with Crippen molar-refractivity contribution in [3.8, 4) is 11.5 Å². The minimum absolute atomic E-state index is 0.160. The van der Waals surface area contributed by atoms with E-state index in [0.29, 0.717) is 11.5 Å². The van der Waals surface area contributed by atoms with Crippen LogP contribution in [0, 0.1) is 0 Å². The van der Waals surface area contributed by atoms with E-state index in [1.807, 2.05) is 24.3 Å². The Labute approximate surface area is 125 Å². The maximum Gasteiger partial charge on any atom is 0.373 e. The average molecular weight is 292 g/mol. The Kier molecular flexibility index (Phi) is 2.72. The lowest BCUT2D eigenvalue weighted by Crippen LogP contribution is -1.98. The van der Waals surface area contributed by atoms with Crippen LogP contribution in [0.1, 0.15) is 10.6 Å². The molecule has 0 aliphatic carbocycles. The number of aromatic amines is 1. The third-order valence-corrected chi connectivity index (χ3v) is 3.65. The third kappa shape index (κ3) is 1.79. The second kappa shape index (κ2) is 4.73. The number of nitrogens with zero attached hydrogens (tertiary/aromatic N) is 1. The van der Waals surface area contributed by atoms with Gasteiger partial charge in [0.25, 0.3) is 0 Å². The molecule has 0 saturated heterocycles. The molecule has 0 unspecified atom stereocenters. The molecule has 0 radical (unpaired) electrons. The summed E-state index contributed by atoms with van der Waals surface area (Å²) in [7, 11) is 1.32. The molecule has 0 aliphatic heterocycles. The molecule has 0 saturated carbocycles. The van der Waals surface area contributed by atoms with Crippen molar-refractivity contribution in [1.82, 2.24) is 9.97 Å². The van der Waals surface area contributed by atoms with Gasteiger partial charge in [-0.15, -0.1) is 0 Å². The fraction of sp³-hybridized carbons (Fsp3) is 0.0588. The van der Waals surface area contributed by atoms with Crippen LogP contribution in [-0.2, 0) is 4.74 Å². The largest absolute Gasteiger partial charge is 0.463 e. The van der Waals surface area contributed by atoms with Crippen molar-refractivity contribution >= 4 is 27.8 Å². The summed E-state index contributed by atoms with van der Waals surface area (Å²) >= 11 is 0. The highest BCUT2D eigenvalue weighted by molar-refractivity contribution is 6.10. The fourth-order valence-electron chi connectivity index (χ4n) is 2.64. The molecule has 4 rings (SSSR count). The number of rotatable bonds is 2. The summed E-state index contributed by atoms with van der Waals surface area (Å²) in [5, 5.41) is 2.19. The lowest BCUT2D eigenvalue weighted by Gasteiger charge is -1.99. The number of ether oxygens (including phenoxy) is 1. The Hall–Kier alpha value is -3.08. The molecule has 1 aromatic carbocycles. The lowest BCUT2D eigenvalue weighted by molar-refractivity contribution is 0.0566. The van der Waals surface area contributed by atoms with Gasteiger partial charge in [-0.05, 0) is 24.3 Å². The van der Waals surface area contributed by atoms with E-state index in [1.54, 1.807) is 18.3 Å². The molecule has 0 aliphatic rings. The number of hydrogen-bond donors (Lipinski definition) is 1. The molecular formula is C17H12N2O3. The Balaban J connectivity index is 1.95. The van der Waals surface area contributed by atoms with Crippen LogP contribution in [0.15, 0.2) is 53.1 Å². The van der Waals surface area contributed by atoms with Crippen molar-refractivity contribution in [1.29, 1.82) is 0 Å². The van der Waals surface area contributed by atoms with E-state index >= 15 is 0 Å². The quantitative estimate of drug-likeness (QED) is 0.571. The molecule has 0 atom stereocenters. The summed E-state index contributed by atoms with van der Waals surface area (Å²) in [5.74, 6) is 0.181.